The number of aliphatic hydroxyl groups excluding tert-OH is 2. The minimum absolute atomic E-state index is 0. The number of aromatic amines is 1. The predicted molar refractivity (Wildman–Crippen MR) is 399 cm³/mol. The molecule has 4 unspecified atom stereocenters. The van der Waals surface area contributed by atoms with Crippen molar-refractivity contribution in [2.75, 3.05) is 86.0 Å². The third kappa shape index (κ3) is 25.2. The number of ether oxygens (including phenoxy) is 16. The summed E-state index contributed by atoms with van der Waals surface area (Å²) in [5.41, 5.74) is -5.54. The predicted octanol–water partition coefficient (Wildman–Crippen LogP) is 6.08. The van der Waals surface area contributed by atoms with Crippen LogP contribution in [0.5, 0.6) is 0 Å². The summed E-state index contributed by atoms with van der Waals surface area (Å²) in [4.78, 5) is 105. The first-order valence-corrected chi connectivity index (χ1v) is 38.9. The molecular weight excluding hydrogens is 1520 g/mol. The maximum absolute atomic E-state index is 13.9. The average molecular weight is 1630 g/mol. The molecule has 11 rings (SSSR count). The Hall–Kier alpha value is -6.67. The van der Waals surface area contributed by atoms with Crippen molar-refractivity contribution < 1.29 is 117 Å². The number of nitrogens with one attached hydrogen (secondary N) is 1. The second-order valence-electron chi connectivity index (χ2n) is 29.6. The van der Waals surface area contributed by atoms with E-state index in [9.17, 15) is 60.7 Å². The highest BCUT2D eigenvalue weighted by atomic mass is 32.2. The number of alkyl halides is 2. The lowest BCUT2D eigenvalue weighted by Gasteiger charge is -2.31. The van der Waals surface area contributed by atoms with Gasteiger partial charge in [-0.1, -0.05) is 32.5 Å². The molecule has 7 aliphatic rings. The van der Waals surface area contributed by atoms with Crippen LogP contribution >= 0.6 is 0 Å². The third-order valence-corrected chi connectivity index (χ3v) is 19.9. The fourth-order valence-electron chi connectivity index (χ4n) is 13.1. The maximum Gasteiger partial charge on any atom is 0.425 e. The van der Waals surface area contributed by atoms with Gasteiger partial charge in [0.2, 0.25) is 0 Å². The smallest absolute Gasteiger partial charge is 0.425 e. The van der Waals surface area contributed by atoms with E-state index in [-0.39, 0.29) is 76.1 Å². The molecule has 7 saturated heterocycles. The Balaban J connectivity index is 0.000000251. The number of halogens is 2. The molecule has 4 aromatic rings. The Morgan fingerprint density at radius 1 is 0.513 bits per heavy atom. The van der Waals surface area contributed by atoms with E-state index >= 15 is 0 Å². The van der Waals surface area contributed by atoms with Gasteiger partial charge in [0.25, 0.3) is 26.8 Å². The molecule has 7 aliphatic heterocycles. The minimum Gasteiger partial charge on any atom is -0.443 e. The number of nitrogens with zero attached hydrogens (tertiary/aromatic N) is 5. The molecule has 0 radical (unpaired) electrons. The number of carbonyl (C=O) groups is 2. The van der Waals surface area contributed by atoms with Crippen LogP contribution in [0.15, 0.2) is 76.5 Å². The molecule has 1 aromatic carbocycles. The first-order chi connectivity index (χ1) is 52.8. The number of hydrogen-bond donors (Lipinski definition) is 3. The van der Waals surface area contributed by atoms with Crippen LogP contribution < -0.4 is 33.7 Å². The van der Waals surface area contributed by atoms with Crippen LogP contribution in [0.4, 0.5) is 18.4 Å². The van der Waals surface area contributed by atoms with Gasteiger partial charge in [-0.05, 0) is 158 Å². The van der Waals surface area contributed by atoms with Crippen molar-refractivity contribution >= 4 is 22.3 Å². The molecule has 638 valence electrons. The first-order valence-electron chi connectivity index (χ1n) is 37.5. The summed E-state index contributed by atoms with van der Waals surface area (Å²) in [5.74, 6) is 0. The molecule has 3 N–H and O–H groups in total. The number of rotatable bonds is 26. The van der Waals surface area contributed by atoms with Gasteiger partial charge in [0.05, 0.1) is 51.1 Å². The zero-order valence-corrected chi connectivity index (χ0v) is 65.1. The van der Waals surface area contributed by atoms with Gasteiger partial charge in [-0.15, -0.1) is 0 Å². The normalized spacial score (nSPS) is 27.4. The summed E-state index contributed by atoms with van der Waals surface area (Å²) >= 11 is 0. The van der Waals surface area contributed by atoms with Gasteiger partial charge < -0.3 is 86.0 Å². The number of aryl methyl sites for hydroxylation is 4. The van der Waals surface area contributed by atoms with Gasteiger partial charge in [-0.25, -0.2) is 32.8 Å². The van der Waals surface area contributed by atoms with E-state index in [0.717, 1.165) is 77.1 Å². The summed E-state index contributed by atoms with van der Waals surface area (Å²) in [5, 5.41) is 19.2. The van der Waals surface area contributed by atoms with E-state index in [4.69, 9.17) is 85.1 Å². The summed E-state index contributed by atoms with van der Waals surface area (Å²) in [7, 11) is -4.09. The third-order valence-electron chi connectivity index (χ3n) is 18.5. The van der Waals surface area contributed by atoms with Crippen LogP contribution in [0.25, 0.3) is 0 Å². The monoisotopic (exact) mass is 1630 g/mol. The lowest BCUT2D eigenvalue weighted by molar-refractivity contribution is -0.226. The molecule has 16 atom stereocenters. The summed E-state index contributed by atoms with van der Waals surface area (Å²) < 4.78 is 155. The molecule has 7 fully saturated rings. The minimum atomic E-state index is -4.09. The van der Waals surface area contributed by atoms with E-state index in [1.165, 1.54) is 51.5 Å². The van der Waals surface area contributed by atoms with Gasteiger partial charge in [0.15, 0.2) is 43.8 Å². The number of carbonyl (C=O) groups excluding carboxylic acids is 2. The van der Waals surface area contributed by atoms with Gasteiger partial charge in [-0.3, -0.25) is 37.3 Å². The quantitative estimate of drug-likeness (QED) is 0.0473. The Kier molecular flexibility index (Phi) is 35.6. The standard InChI is InChI=1S/C34H48N2O13S.C27H41FN2O10.C12H17FN2O6.2CH4/c1-22-12-14-24(15-13-22)50(40,41)46-19-18-44-29-28(48-27-11-7-9-17-43-27)25(21-45-26-10-6-8-16-42-26)47-31(29)35-20-23(2)30(37)36(32(35)38)33(39)49-34(3,4)5;1-17-15-29(25(32)30(23(17)31)26(33)40-27(2,3)4)24-22(36-14-11-28)21(39-20-10-6-8-13-35-20)18(38-24)16-37-19-9-5-7-12-34-19;1-6-4-15(12(19)14-10(6)18)11-9(20-3-2-13)8(17)7(5-16)21-11;;/h12-15,20,25-29,31H,6-11,16-19,21H2,1-5H3;15,18-22,24H,5-14,16H2,1-4H3;4,7-9,11,16-17H,2-3,5H2,1H3,(H,14,18,19);2*1H4/t25-,26?,27?,28-,29+,31-;18-,19?,20?,21-,22+,24-;7-,8-,9+,11-;;/m111../s1/i;28-1;13-1;;. The Labute approximate surface area is 654 Å². The zero-order valence-electron chi connectivity index (χ0n) is 64.3. The van der Waals surface area contributed by atoms with Crippen molar-refractivity contribution in [2.45, 2.75) is 276 Å². The topological polar surface area (TPSA) is 409 Å². The highest BCUT2D eigenvalue weighted by Gasteiger charge is 2.52. The molecule has 0 saturated carbocycles. The van der Waals surface area contributed by atoms with Gasteiger partial charge in [0.1, 0.15) is 79.5 Å². The average Bonchev–Trinajstić information content (AvgIpc) is 1.71. The second kappa shape index (κ2) is 43.0. The molecule has 0 spiro atoms. The molecular formula is C75H114F2N6O29S. The van der Waals surface area contributed by atoms with Crippen LogP contribution in [0.2, 0.25) is 0 Å². The SMILES string of the molecule is C.C.Cc1ccc(S(=O)(=O)OCCO[C@H]2[C@H](OC3CCCCO3)[C@@H](COC3CCCCO3)O[C@H]2n2cc(C)c(=O)n(C(=O)OC(C)(C)C)c2=O)cc1.Cc1cn([C@@H]2O[C@H](CO)[C@@H](O)[C@@H]2OCC[18F])c(=O)[nH]c1=O.Cc1cn([C@@H]2O[C@H](COC3CCCCO3)[C@@H](OC3CCCCO3)[C@@H]2OCC[18F])c(=O)n(C(=O)OC(C)(C)C)c1=O. The Bertz CT molecular complexity index is 4170. The maximum atomic E-state index is 13.9. The summed E-state index contributed by atoms with van der Waals surface area (Å²) in [6, 6.07) is 6.24. The molecule has 3 aromatic heterocycles. The number of aromatic nitrogens is 6. The number of hydrogen-bond acceptors (Lipinski definition) is 29. The van der Waals surface area contributed by atoms with E-state index in [0.29, 0.717) is 54.8 Å². The fourth-order valence-corrected chi connectivity index (χ4v) is 14.0. The van der Waals surface area contributed by atoms with Crippen LogP contribution in [-0.2, 0) is 90.1 Å². The molecule has 0 bridgehead atoms. The van der Waals surface area contributed by atoms with Crippen molar-refractivity contribution in [2.24, 2.45) is 0 Å². The van der Waals surface area contributed by atoms with E-state index in [1.54, 1.807) is 53.7 Å². The molecule has 0 amide bonds. The largest absolute Gasteiger partial charge is 0.443 e. The Morgan fingerprint density at radius 2 is 0.903 bits per heavy atom. The zero-order chi connectivity index (χ0) is 80.5. The van der Waals surface area contributed by atoms with E-state index in [2.05, 4.69) is 4.98 Å². The number of H-pyrrole nitrogens is 1. The fraction of sp³-hybridized carbons (Fsp3) is 0.733. The Morgan fingerprint density at radius 3 is 1.30 bits per heavy atom. The van der Waals surface area contributed by atoms with E-state index in [1.807, 2.05) is 6.92 Å². The first kappa shape index (κ1) is 93.5. The highest BCUT2D eigenvalue weighted by Crippen LogP contribution is 2.39. The van der Waals surface area contributed by atoms with Crippen LogP contribution in [0, 0.1) is 27.7 Å². The molecule has 38 heteroatoms. The lowest BCUT2D eigenvalue weighted by atomic mass is 10.1. The number of benzene rings is 1. The van der Waals surface area contributed by atoms with Crippen molar-refractivity contribution in [1.82, 2.24) is 27.8 Å². The molecule has 35 nitrogen and oxygen atoms in total. The number of aliphatic hydroxyl groups is 2. The summed E-state index contributed by atoms with van der Waals surface area (Å²) in [6.45, 7) is 15.0. The van der Waals surface area contributed by atoms with Crippen LogP contribution in [0.1, 0.15) is 174 Å². The highest BCUT2D eigenvalue weighted by molar-refractivity contribution is 7.86. The van der Waals surface area contributed by atoms with E-state index < -0.39 is 186 Å². The summed E-state index contributed by atoms with van der Waals surface area (Å²) in [6.07, 6.45) is -2.40. The van der Waals surface area contributed by atoms with Crippen molar-refractivity contribution in [3.8, 4) is 0 Å². The van der Waals surface area contributed by atoms with Crippen molar-refractivity contribution in [3.05, 3.63) is 128 Å². The molecule has 0 aliphatic carbocycles. The van der Waals surface area contributed by atoms with Gasteiger partial charge >= 0.3 is 29.3 Å². The van der Waals surface area contributed by atoms with Crippen LogP contribution in [0.3, 0.4) is 0 Å². The molecule has 113 heavy (non-hydrogen) atoms. The van der Waals surface area contributed by atoms with Crippen molar-refractivity contribution in [1.29, 1.82) is 0 Å². The van der Waals surface area contributed by atoms with Crippen LogP contribution in [-0.4, -0.2) is 236 Å². The van der Waals surface area contributed by atoms with Gasteiger partial charge in [0, 0.05) is 61.7 Å². The van der Waals surface area contributed by atoms with Crippen molar-refractivity contribution in [3.63, 3.8) is 0 Å². The lowest BCUT2D eigenvalue weighted by Crippen LogP contribution is -2.49. The molecule has 10 heterocycles. The van der Waals surface area contributed by atoms with Gasteiger partial charge in [-0.2, -0.15) is 17.6 Å². The second-order valence-corrected chi connectivity index (χ2v) is 31.2.